The Morgan fingerprint density at radius 3 is 2.30 bits per heavy atom. The summed E-state index contributed by atoms with van der Waals surface area (Å²) in [5.41, 5.74) is -0.928. The van der Waals surface area contributed by atoms with E-state index in [2.05, 4.69) is 10.1 Å². The van der Waals surface area contributed by atoms with Crippen molar-refractivity contribution in [2.45, 2.75) is 39.3 Å². The predicted molar refractivity (Wildman–Crippen MR) is 118 cm³/mol. The second-order valence-corrected chi connectivity index (χ2v) is 8.91. The Labute approximate surface area is 191 Å². The van der Waals surface area contributed by atoms with Gasteiger partial charge in [0.2, 0.25) is 0 Å². The number of rotatable bonds is 8. The van der Waals surface area contributed by atoms with E-state index in [4.69, 9.17) is 4.74 Å². The Morgan fingerprint density at radius 1 is 1.09 bits per heavy atom. The standard InChI is InChI=1S/C23H22F3NO5S/c1-13(2)22(3,21(29)30)27-20(28)19-18(16-6-4-5-7-17(16)33-19)31-12-14-8-10-15(11-9-14)32-23(24,25)26/h4-11,13H,12H2,1-3H3,(H,27,28)(H,29,30). The molecule has 2 aromatic carbocycles. The number of fused-ring (bicyclic) bond motifs is 1. The van der Waals surface area contributed by atoms with Crippen LogP contribution < -0.4 is 14.8 Å². The van der Waals surface area contributed by atoms with Crippen LogP contribution in [0.3, 0.4) is 0 Å². The van der Waals surface area contributed by atoms with Gasteiger partial charge in [0.1, 0.15) is 22.8 Å². The maximum Gasteiger partial charge on any atom is 0.573 e. The SMILES string of the molecule is CC(C)C(C)(NC(=O)c1sc2ccccc2c1OCc1ccc(OC(F)(F)F)cc1)C(=O)O. The van der Waals surface area contributed by atoms with Crippen LogP contribution in [0.25, 0.3) is 10.1 Å². The van der Waals surface area contributed by atoms with Gasteiger partial charge in [0.05, 0.1) is 0 Å². The lowest BCUT2D eigenvalue weighted by Gasteiger charge is -2.30. The minimum absolute atomic E-state index is 0.0202. The molecule has 0 saturated heterocycles. The molecule has 0 aliphatic carbocycles. The maximum absolute atomic E-state index is 13.1. The van der Waals surface area contributed by atoms with Gasteiger partial charge in [-0.2, -0.15) is 0 Å². The van der Waals surface area contributed by atoms with E-state index in [0.717, 1.165) is 4.70 Å². The first kappa shape index (κ1) is 24.4. The number of benzene rings is 2. The number of nitrogens with one attached hydrogen (secondary N) is 1. The molecule has 0 fully saturated rings. The molecule has 6 nitrogen and oxygen atoms in total. The fourth-order valence-corrected chi connectivity index (χ4v) is 4.04. The molecular formula is C23H22F3NO5S. The van der Waals surface area contributed by atoms with Gasteiger partial charge in [-0.15, -0.1) is 24.5 Å². The summed E-state index contributed by atoms with van der Waals surface area (Å²) in [6, 6.07) is 12.4. The number of carbonyl (C=O) groups is 2. The van der Waals surface area contributed by atoms with Gasteiger partial charge < -0.3 is 19.9 Å². The Balaban J connectivity index is 1.86. The number of alkyl halides is 3. The van der Waals surface area contributed by atoms with Crippen molar-refractivity contribution in [3.63, 3.8) is 0 Å². The Kier molecular flexibility index (Phi) is 6.87. The molecule has 0 aliphatic rings. The van der Waals surface area contributed by atoms with E-state index in [9.17, 15) is 27.9 Å². The smallest absolute Gasteiger partial charge is 0.487 e. The Morgan fingerprint density at radius 2 is 1.73 bits per heavy atom. The molecule has 1 unspecified atom stereocenters. The monoisotopic (exact) mass is 481 g/mol. The Hall–Kier alpha value is -3.27. The number of carboxylic acid groups (broad SMARTS) is 1. The van der Waals surface area contributed by atoms with Crippen molar-refractivity contribution < 1.29 is 37.3 Å². The van der Waals surface area contributed by atoms with Gasteiger partial charge in [-0.05, 0) is 42.7 Å². The first-order chi connectivity index (χ1) is 15.4. The average molecular weight is 481 g/mol. The first-order valence-electron chi connectivity index (χ1n) is 9.95. The highest BCUT2D eigenvalue weighted by molar-refractivity contribution is 7.21. The predicted octanol–water partition coefficient (Wildman–Crippen LogP) is 5.61. The largest absolute Gasteiger partial charge is 0.573 e. The molecule has 1 atom stereocenters. The molecule has 2 N–H and O–H groups in total. The molecule has 10 heteroatoms. The molecule has 0 bridgehead atoms. The average Bonchev–Trinajstić information content (AvgIpc) is 3.10. The molecule has 33 heavy (non-hydrogen) atoms. The maximum atomic E-state index is 13.1. The van der Waals surface area contributed by atoms with Gasteiger partial charge in [-0.3, -0.25) is 4.79 Å². The van der Waals surface area contributed by atoms with Gasteiger partial charge in [-0.1, -0.05) is 38.1 Å². The summed E-state index contributed by atoms with van der Waals surface area (Å²) in [7, 11) is 0. The molecule has 176 valence electrons. The number of hydrogen-bond acceptors (Lipinski definition) is 5. The summed E-state index contributed by atoms with van der Waals surface area (Å²) in [6.45, 7) is 4.82. The zero-order valence-corrected chi connectivity index (χ0v) is 18.8. The van der Waals surface area contributed by atoms with Crippen molar-refractivity contribution in [1.29, 1.82) is 0 Å². The summed E-state index contributed by atoms with van der Waals surface area (Å²) >= 11 is 1.17. The number of amides is 1. The van der Waals surface area contributed by atoms with Crippen LogP contribution in [0.15, 0.2) is 48.5 Å². The fraction of sp³-hybridized carbons (Fsp3) is 0.304. The third-order valence-electron chi connectivity index (χ3n) is 5.27. The van der Waals surface area contributed by atoms with E-state index >= 15 is 0 Å². The van der Waals surface area contributed by atoms with E-state index in [1.165, 1.54) is 42.5 Å². The molecule has 3 aromatic rings. The minimum Gasteiger partial charge on any atom is -0.487 e. The van der Waals surface area contributed by atoms with Crippen LogP contribution in [0.5, 0.6) is 11.5 Å². The third-order valence-corrected chi connectivity index (χ3v) is 6.42. The first-order valence-corrected chi connectivity index (χ1v) is 10.8. The molecular weight excluding hydrogens is 459 g/mol. The van der Waals surface area contributed by atoms with Crippen LogP contribution in [-0.4, -0.2) is 28.9 Å². The molecule has 3 rings (SSSR count). The summed E-state index contributed by atoms with van der Waals surface area (Å²) in [5, 5.41) is 12.9. The van der Waals surface area contributed by atoms with E-state index in [-0.39, 0.29) is 28.9 Å². The lowest BCUT2D eigenvalue weighted by atomic mass is 9.88. The van der Waals surface area contributed by atoms with Crippen molar-refractivity contribution in [3.05, 3.63) is 59.0 Å². The zero-order valence-electron chi connectivity index (χ0n) is 18.0. The van der Waals surface area contributed by atoms with Crippen LogP contribution in [0.1, 0.15) is 36.0 Å². The van der Waals surface area contributed by atoms with Crippen LogP contribution in [-0.2, 0) is 11.4 Å². The number of hydrogen-bond donors (Lipinski definition) is 2. The lowest BCUT2D eigenvalue weighted by molar-refractivity contribution is -0.274. The van der Waals surface area contributed by atoms with Crippen LogP contribution >= 0.6 is 11.3 Å². The number of carboxylic acids is 1. The van der Waals surface area contributed by atoms with Crippen molar-refractivity contribution in [1.82, 2.24) is 5.32 Å². The highest BCUT2D eigenvalue weighted by Gasteiger charge is 2.39. The third kappa shape index (κ3) is 5.57. The lowest BCUT2D eigenvalue weighted by Crippen LogP contribution is -2.55. The number of thiophene rings is 1. The molecule has 0 spiro atoms. The molecule has 1 aromatic heterocycles. The van der Waals surface area contributed by atoms with Crippen molar-refractivity contribution in [2.75, 3.05) is 0 Å². The van der Waals surface area contributed by atoms with Gasteiger partial charge in [0.15, 0.2) is 5.75 Å². The van der Waals surface area contributed by atoms with Crippen LogP contribution in [0.2, 0.25) is 0 Å². The molecule has 0 radical (unpaired) electrons. The van der Waals surface area contributed by atoms with Gasteiger partial charge in [0, 0.05) is 10.1 Å². The van der Waals surface area contributed by atoms with E-state index < -0.39 is 23.8 Å². The Bertz CT molecular complexity index is 1160. The highest BCUT2D eigenvalue weighted by Crippen LogP contribution is 2.38. The topological polar surface area (TPSA) is 84.9 Å². The van der Waals surface area contributed by atoms with Gasteiger partial charge in [0.25, 0.3) is 5.91 Å². The van der Waals surface area contributed by atoms with Crippen molar-refractivity contribution >= 4 is 33.3 Å². The van der Waals surface area contributed by atoms with Gasteiger partial charge in [-0.25, -0.2) is 4.79 Å². The second kappa shape index (κ2) is 9.30. The number of halogens is 3. The molecule has 0 aliphatic heterocycles. The van der Waals surface area contributed by atoms with E-state index in [0.29, 0.717) is 10.9 Å². The van der Waals surface area contributed by atoms with E-state index in [1.54, 1.807) is 32.0 Å². The van der Waals surface area contributed by atoms with Crippen molar-refractivity contribution in [3.8, 4) is 11.5 Å². The molecule has 1 amide bonds. The van der Waals surface area contributed by atoms with E-state index in [1.807, 2.05) is 6.07 Å². The van der Waals surface area contributed by atoms with Crippen LogP contribution in [0, 0.1) is 5.92 Å². The molecule has 1 heterocycles. The minimum atomic E-state index is -4.78. The fourth-order valence-electron chi connectivity index (χ4n) is 2.99. The summed E-state index contributed by atoms with van der Waals surface area (Å²) in [4.78, 5) is 25.1. The zero-order chi connectivity index (χ0) is 24.4. The summed E-state index contributed by atoms with van der Waals surface area (Å²) in [6.07, 6.45) is -4.78. The quantitative estimate of drug-likeness (QED) is 0.437. The number of carbonyl (C=O) groups excluding carboxylic acids is 1. The summed E-state index contributed by atoms with van der Waals surface area (Å²) in [5.74, 6) is -2.20. The molecule has 0 saturated carbocycles. The van der Waals surface area contributed by atoms with Crippen LogP contribution in [0.4, 0.5) is 13.2 Å². The van der Waals surface area contributed by atoms with Crippen molar-refractivity contribution in [2.24, 2.45) is 5.92 Å². The second-order valence-electron chi connectivity index (χ2n) is 7.85. The summed E-state index contributed by atoms with van der Waals surface area (Å²) < 4.78 is 47.6. The normalized spacial score (nSPS) is 13.5. The number of ether oxygens (including phenoxy) is 2. The highest BCUT2D eigenvalue weighted by atomic mass is 32.1. The number of aliphatic carboxylic acids is 1. The van der Waals surface area contributed by atoms with Gasteiger partial charge >= 0.3 is 12.3 Å².